The van der Waals surface area contributed by atoms with Crippen LogP contribution in [0.25, 0.3) is 10.4 Å². The van der Waals surface area contributed by atoms with Crippen LogP contribution in [0.3, 0.4) is 0 Å². The van der Waals surface area contributed by atoms with Crippen LogP contribution in [0.4, 0.5) is 5.00 Å². The van der Waals surface area contributed by atoms with E-state index in [0.717, 1.165) is 29.7 Å². The molecule has 1 aromatic heterocycles. The Morgan fingerprint density at radius 3 is 3.00 bits per heavy atom. The molecule has 112 valence electrons. The minimum absolute atomic E-state index is 0.296. The maximum absolute atomic E-state index is 12.0. The Balaban J connectivity index is 2.33. The third kappa shape index (κ3) is 3.34. The molecule has 8 heteroatoms. The Hall–Kier alpha value is -2.05. The number of azide groups is 1. The first kappa shape index (κ1) is 15.3. The predicted octanol–water partition coefficient (Wildman–Crippen LogP) is 2.91. The summed E-state index contributed by atoms with van der Waals surface area (Å²) in [4.78, 5) is 27.3. The van der Waals surface area contributed by atoms with Crippen LogP contribution in [-0.2, 0) is 22.4 Å². The van der Waals surface area contributed by atoms with Gasteiger partial charge in [0.15, 0.2) is 0 Å². The molecule has 1 amide bonds. The van der Waals surface area contributed by atoms with Crippen LogP contribution in [0.1, 0.15) is 34.1 Å². The molecular weight excluding hydrogens is 292 g/mol. The average molecular weight is 308 g/mol. The quantitative estimate of drug-likeness (QED) is 0.400. The van der Waals surface area contributed by atoms with Gasteiger partial charge in [0, 0.05) is 9.79 Å². The van der Waals surface area contributed by atoms with Gasteiger partial charge in [-0.3, -0.25) is 4.79 Å². The van der Waals surface area contributed by atoms with Crippen molar-refractivity contribution in [2.45, 2.75) is 26.2 Å². The van der Waals surface area contributed by atoms with Crippen LogP contribution in [0, 0.1) is 5.92 Å². The van der Waals surface area contributed by atoms with Crippen LogP contribution in [0.2, 0.25) is 0 Å². The third-order valence-electron chi connectivity index (χ3n) is 3.43. The molecule has 0 radical (unpaired) electrons. The summed E-state index contributed by atoms with van der Waals surface area (Å²) in [6.45, 7) is 1.87. The molecule has 1 unspecified atom stereocenters. The van der Waals surface area contributed by atoms with Gasteiger partial charge in [-0.05, 0) is 36.3 Å². The van der Waals surface area contributed by atoms with Crippen molar-refractivity contribution >= 4 is 28.2 Å². The van der Waals surface area contributed by atoms with Crippen LogP contribution >= 0.6 is 11.3 Å². The van der Waals surface area contributed by atoms with E-state index in [9.17, 15) is 9.59 Å². The van der Waals surface area contributed by atoms with Crippen molar-refractivity contribution in [2.24, 2.45) is 11.0 Å². The molecule has 0 fully saturated rings. The minimum Gasteiger partial charge on any atom is -0.465 e. The Labute approximate surface area is 125 Å². The molecule has 1 atom stereocenters. The summed E-state index contributed by atoms with van der Waals surface area (Å²) in [6, 6.07) is 0. The highest BCUT2D eigenvalue weighted by molar-refractivity contribution is 7.17. The molecule has 21 heavy (non-hydrogen) atoms. The van der Waals surface area contributed by atoms with Gasteiger partial charge in [0.05, 0.1) is 12.7 Å². The first-order valence-electron chi connectivity index (χ1n) is 6.60. The van der Waals surface area contributed by atoms with Crippen LogP contribution in [-0.4, -0.2) is 25.5 Å². The highest BCUT2D eigenvalue weighted by atomic mass is 32.1. The van der Waals surface area contributed by atoms with Gasteiger partial charge < -0.3 is 10.1 Å². The van der Waals surface area contributed by atoms with Gasteiger partial charge in [0.25, 0.3) is 0 Å². The topological polar surface area (TPSA) is 104 Å². The molecule has 7 nitrogen and oxygen atoms in total. The van der Waals surface area contributed by atoms with E-state index >= 15 is 0 Å². The Bertz CT molecular complexity index is 619. The fraction of sp³-hybridized carbons (Fsp3) is 0.538. The maximum atomic E-state index is 12.0. The number of hydrogen-bond acceptors (Lipinski definition) is 5. The second-order valence-corrected chi connectivity index (χ2v) is 6.09. The zero-order valence-electron chi connectivity index (χ0n) is 11.9. The van der Waals surface area contributed by atoms with E-state index in [0.29, 0.717) is 16.5 Å². The van der Waals surface area contributed by atoms with Gasteiger partial charge in [-0.15, -0.1) is 11.3 Å². The molecule has 0 aromatic carbocycles. The molecule has 1 aromatic rings. The molecule has 2 rings (SSSR count). The average Bonchev–Trinajstić information content (AvgIpc) is 2.81. The zero-order chi connectivity index (χ0) is 15.4. The molecule has 0 saturated carbocycles. The number of nitrogens with one attached hydrogen (secondary N) is 1. The van der Waals surface area contributed by atoms with Gasteiger partial charge in [0.1, 0.15) is 11.5 Å². The molecular formula is C13H16N4O3S. The summed E-state index contributed by atoms with van der Waals surface area (Å²) in [6.07, 6.45) is 2.72. The number of ether oxygens (including phenoxy) is 1. The highest BCUT2D eigenvalue weighted by Crippen LogP contribution is 2.39. The Kier molecular flexibility index (Phi) is 4.82. The molecule has 0 saturated heterocycles. The molecule has 0 aliphatic heterocycles. The van der Waals surface area contributed by atoms with Crippen LogP contribution in [0.5, 0.6) is 0 Å². The lowest BCUT2D eigenvalue weighted by Crippen LogP contribution is -2.17. The van der Waals surface area contributed by atoms with Crippen LogP contribution in [0.15, 0.2) is 5.11 Å². The summed E-state index contributed by atoms with van der Waals surface area (Å²) >= 11 is 1.40. The Morgan fingerprint density at radius 1 is 1.57 bits per heavy atom. The fourth-order valence-electron chi connectivity index (χ4n) is 2.42. The van der Waals surface area contributed by atoms with Gasteiger partial charge >= 0.3 is 5.97 Å². The number of thiophene rings is 1. The largest absolute Gasteiger partial charge is 0.465 e. The van der Waals surface area contributed by atoms with E-state index in [1.54, 1.807) is 0 Å². The van der Waals surface area contributed by atoms with E-state index in [-0.39, 0.29) is 6.54 Å². The lowest BCUT2D eigenvalue weighted by atomic mass is 9.88. The number of carbonyl (C=O) groups excluding carboxylic acids is 2. The standard InChI is InChI=1S/C13H16N4O3S/c1-7-3-4-8-9(5-7)21-12(11(8)13(19)20-2)16-10(18)6-15-17-14/h7H,3-6H2,1-2H3,(H,16,18). The van der Waals surface area contributed by atoms with Gasteiger partial charge in [-0.2, -0.15) is 0 Å². The van der Waals surface area contributed by atoms with Crippen molar-refractivity contribution < 1.29 is 14.3 Å². The van der Waals surface area contributed by atoms with Crippen LogP contribution < -0.4 is 5.32 Å². The van der Waals surface area contributed by atoms with E-state index in [4.69, 9.17) is 10.3 Å². The number of esters is 1. The van der Waals surface area contributed by atoms with Crippen molar-refractivity contribution in [1.82, 2.24) is 0 Å². The normalized spacial score (nSPS) is 16.6. The monoisotopic (exact) mass is 308 g/mol. The second-order valence-electron chi connectivity index (χ2n) is 4.98. The van der Waals surface area contributed by atoms with Gasteiger partial charge in [0.2, 0.25) is 5.91 Å². The van der Waals surface area contributed by atoms with E-state index in [1.807, 2.05) is 0 Å². The van der Waals surface area contributed by atoms with Gasteiger partial charge in [-0.25, -0.2) is 4.79 Å². The number of hydrogen-bond donors (Lipinski definition) is 1. The smallest absolute Gasteiger partial charge is 0.341 e. The van der Waals surface area contributed by atoms with Crippen molar-refractivity contribution in [3.8, 4) is 0 Å². The molecule has 0 spiro atoms. The lowest BCUT2D eigenvalue weighted by molar-refractivity contribution is -0.114. The lowest BCUT2D eigenvalue weighted by Gasteiger charge is -2.18. The molecule has 0 bridgehead atoms. The minimum atomic E-state index is -0.443. The summed E-state index contributed by atoms with van der Waals surface area (Å²) < 4.78 is 4.83. The summed E-state index contributed by atoms with van der Waals surface area (Å²) in [7, 11) is 1.32. The molecule has 1 aliphatic carbocycles. The fourth-order valence-corrected chi connectivity index (χ4v) is 3.83. The number of methoxy groups -OCH3 is 1. The first-order valence-corrected chi connectivity index (χ1v) is 7.42. The number of carbonyl (C=O) groups is 2. The number of nitrogens with zero attached hydrogens (tertiary/aromatic N) is 3. The number of fused-ring (bicyclic) bond motifs is 1. The second kappa shape index (κ2) is 6.60. The SMILES string of the molecule is COC(=O)c1c(NC(=O)CN=[N+]=[N-])sc2c1CCC(C)C2. The number of anilines is 1. The van der Waals surface area contributed by atoms with E-state index < -0.39 is 11.9 Å². The highest BCUT2D eigenvalue weighted by Gasteiger charge is 2.28. The number of rotatable bonds is 4. The van der Waals surface area contributed by atoms with E-state index in [2.05, 4.69) is 22.3 Å². The maximum Gasteiger partial charge on any atom is 0.341 e. The van der Waals surface area contributed by atoms with Gasteiger partial charge in [-0.1, -0.05) is 12.0 Å². The summed E-state index contributed by atoms with van der Waals surface area (Å²) in [5, 5.41) is 6.35. The molecule has 1 N–H and O–H groups in total. The zero-order valence-corrected chi connectivity index (χ0v) is 12.7. The van der Waals surface area contributed by atoms with E-state index in [1.165, 1.54) is 18.4 Å². The van der Waals surface area contributed by atoms with Crippen molar-refractivity contribution in [3.63, 3.8) is 0 Å². The third-order valence-corrected chi connectivity index (χ3v) is 4.60. The number of amides is 1. The van der Waals surface area contributed by atoms with Crippen molar-refractivity contribution in [3.05, 3.63) is 26.4 Å². The Morgan fingerprint density at radius 2 is 2.33 bits per heavy atom. The summed E-state index contributed by atoms with van der Waals surface area (Å²) in [5.74, 6) is -0.320. The van der Waals surface area contributed by atoms with Crippen molar-refractivity contribution in [2.75, 3.05) is 19.0 Å². The molecule has 1 heterocycles. The molecule has 1 aliphatic rings. The van der Waals surface area contributed by atoms with Crippen molar-refractivity contribution in [1.29, 1.82) is 0 Å². The predicted molar refractivity (Wildman–Crippen MR) is 79.5 cm³/mol. The summed E-state index contributed by atoms with van der Waals surface area (Å²) in [5.41, 5.74) is 9.65. The first-order chi connectivity index (χ1) is 10.1.